The Morgan fingerprint density at radius 3 is 3.05 bits per heavy atom. The fourth-order valence-electron chi connectivity index (χ4n) is 2.11. The molecule has 0 bridgehead atoms. The fourth-order valence-corrected chi connectivity index (χ4v) is 2.11. The number of carbonyl (C=O) groups excluding carboxylic acids is 1. The van der Waals surface area contributed by atoms with Crippen LogP contribution in [0.15, 0.2) is 24.9 Å². The highest BCUT2D eigenvalue weighted by molar-refractivity contribution is 5.75. The Hall–Kier alpha value is -2.31. The van der Waals surface area contributed by atoms with Crippen LogP contribution in [-0.2, 0) is 17.9 Å². The summed E-state index contributed by atoms with van der Waals surface area (Å²) in [6.07, 6.45) is 9.82. The van der Waals surface area contributed by atoms with Gasteiger partial charge in [0.05, 0.1) is 30.5 Å². The van der Waals surface area contributed by atoms with Crippen LogP contribution in [0, 0.1) is 0 Å². The third-order valence-electron chi connectivity index (χ3n) is 3.38. The van der Waals surface area contributed by atoms with Crippen LogP contribution in [0.2, 0.25) is 0 Å². The molecular weight excluding hydrogens is 256 g/mol. The van der Waals surface area contributed by atoms with Crippen molar-refractivity contribution >= 4 is 11.6 Å². The van der Waals surface area contributed by atoms with E-state index >= 15 is 0 Å². The molecule has 2 aromatic rings. The van der Waals surface area contributed by atoms with Crippen molar-refractivity contribution in [2.75, 3.05) is 12.4 Å². The molecule has 0 unspecified atom stereocenters. The van der Waals surface area contributed by atoms with Crippen molar-refractivity contribution in [3.63, 3.8) is 0 Å². The first-order chi connectivity index (χ1) is 9.76. The largest absolute Gasteiger partial charge is 0.377 e. The van der Waals surface area contributed by atoms with Gasteiger partial charge in [-0.15, -0.1) is 0 Å². The van der Waals surface area contributed by atoms with Crippen molar-refractivity contribution in [1.82, 2.24) is 24.6 Å². The summed E-state index contributed by atoms with van der Waals surface area (Å²) >= 11 is 0. The van der Waals surface area contributed by atoms with E-state index in [0.717, 1.165) is 5.69 Å². The first kappa shape index (κ1) is 12.7. The Morgan fingerprint density at radius 2 is 2.30 bits per heavy atom. The van der Waals surface area contributed by atoms with E-state index in [0.29, 0.717) is 12.6 Å². The molecule has 20 heavy (non-hydrogen) atoms. The number of nitrogens with zero attached hydrogens (tertiary/aromatic N) is 4. The molecule has 0 radical (unpaired) electrons. The van der Waals surface area contributed by atoms with Gasteiger partial charge in [0.25, 0.3) is 0 Å². The molecular formula is C13H18N6O. The Kier molecular flexibility index (Phi) is 3.41. The molecule has 0 saturated heterocycles. The standard InChI is InChI=1S/C13H18N6O/c1-14-13(20)8-18-7-10(4-17-18)16-6-12-5-15-9-19(12)11-2-3-11/h4-5,7,9,11,16H,2-3,6,8H2,1H3,(H,14,20). The lowest BCUT2D eigenvalue weighted by Crippen LogP contribution is -2.23. The lowest BCUT2D eigenvalue weighted by molar-refractivity contribution is -0.121. The third-order valence-corrected chi connectivity index (χ3v) is 3.38. The van der Waals surface area contributed by atoms with Crippen molar-refractivity contribution in [2.45, 2.75) is 32.0 Å². The molecule has 0 aliphatic heterocycles. The van der Waals surface area contributed by atoms with Crippen LogP contribution in [0.5, 0.6) is 0 Å². The predicted molar refractivity (Wildman–Crippen MR) is 74.1 cm³/mol. The van der Waals surface area contributed by atoms with Crippen LogP contribution in [-0.4, -0.2) is 32.3 Å². The van der Waals surface area contributed by atoms with Crippen molar-refractivity contribution in [2.24, 2.45) is 0 Å². The summed E-state index contributed by atoms with van der Waals surface area (Å²) in [5.74, 6) is -0.0635. The number of imidazole rings is 1. The molecule has 1 aliphatic rings. The minimum absolute atomic E-state index is 0.0635. The van der Waals surface area contributed by atoms with Gasteiger partial charge in [0, 0.05) is 25.5 Å². The van der Waals surface area contributed by atoms with Gasteiger partial charge in [-0.1, -0.05) is 0 Å². The number of likely N-dealkylation sites (N-methyl/N-ethyl adjacent to an activating group) is 1. The molecule has 0 atom stereocenters. The molecule has 1 fully saturated rings. The lowest BCUT2D eigenvalue weighted by atomic mass is 10.4. The molecule has 106 valence electrons. The van der Waals surface area contributed by atoms with Gasteiger partial charge in [0.2, 0.25) is 5.91 Å². The maximum Gasteiger partial charge on any atom is 0.241 e. The number of nitrogens with one attached hydrogen (secondary N) is 2. The van der Waals surface area contributed by atoms with Crippen LogP contribution in [0.1, 0.15) is 24.6 Å². The summed E-state index contributed by atoms with van der Waals surface area (Å²) in [6, 6.07) is 0.630. The summed E-state index contributed by atoms with van der Waals surface area (Å²) in [4.78, 5) is 15.5. The zero-order valence-electron chi connectivity index (χ0n) is 11.4. The molecule has 2 heterocycles. The van der Waals surface area contributed by atoms with Gasteiger partial charge in [-0.2, -0.15) is 5.10 Å². The average molecular weight is 274 g/mol. The highest BCUT2D eigenvalue weighted by atomic mass is 16.1. The molecule has 1 aliphatic carbocycles. The highest BCUT2D eigenvalue weighted by Crippen LogP contribution is 2.35. The van der Waals surface area contributed by atoms with Crippen LogP contribution in [0.3, 0.4) is 0 Å². The normalized spacial score (nSPS) is 14.2. The van der Waals surface area contributed by atoms with E-state index in [2.05, 4.69) is 25.3 Å². The van der Waals surface area contributed by atoms with E-state index in [1.165, 1.54) is 18.5 Å². The molecule has 7 heteroatoms. The van der Waals surface area contributed by atoms with Gasteiger partial charge in [-0.05, 0) is 12.8 Å². The van der Waals surface area contributed by atoms with E-state index in [-0.39, 0.29) is 12.5 Å². The molecule has 1 saturated carbocycles. The smallest absolute Gasteiger partial charge is 0.241 e. The first-order valence-corrected chi connectivity index (χ1v) is 6.74. The molecule has 2 N–H and O–H groups in total. The van der Waals surface area contributed by atoms with Crippen LogP contribution in [0.4, 0.5) is 5.69 Å². The zero-order valence-corrected chi connectivity index (χ0v) is 11.4. The summed E-state index contributed by atoms with van der Waals surface area (Å²) < 4.78 is 3.83. The number of rotatable bonds is 6. The maximum absolute atomic E-state index is 11.3. The number of aromatic nitrogens is 4. The third kappa shape index (κ3) is 2.81. The summed E-state index contributed by atoms with van der Waals surface area (Å²) in [5, 5.41) is 10.0. The number of carbonyl (C=O) groups is 1. The number of anilines is 1. The second-order valence-corrected chi connectivity index (χ2v) is 4.98. The van der Waals surface area contributed by atoms with Gasteiger partial charge >= 0.3 is 0 Å². The maximum atomic E-state index is 11.3. The van der Waals surface area contributed by atoms with Gasteiger partial charge < -0.3 is 15.2 Å². The van der Waals surface area contributed by atoms with E-state index in [4.69, 9.17) is 0 Å². The van der Waals surface area contributed by atoms with E-state index in [1.54, 1.807) is 17.9 Å². The average Bonchev–Trinajstić information content (AvgIpc) is 3.02. The zero-order chi connectivity index (χ0) is 13.9. The van der Waals surface area contributed by atoms with E-state index < -0.39 is 0 Å². The van der Waals surface area contributed by atoms with Crippen LogP contribution >= 0.6 is 0 Å². The summed E-state index contributed by atoms with van der Waals surface area (Å²) in [5.41, 5.74) is 2.07. The molecule has 1 amide bonds. The van der Waals surface area contributed by atoms with Crippen molar-refractivity contribution in [3.8, 4) is 0 Å². The Morgan fingerprint density at radius 1 is 1.45 bits per heavy atom. The van der Waals surface area contributed by atoms with Gasteiger partial charge in [-0.25, -0.2) is 4.98 Å². The Balaban J connectivity index is 1.58. The second-order valence-electron chi connectivity index (χ2n) is 4.98. The van der Waals surface area contributed by atoms with E-state index in [1.807, 2.05) is 18.7 Å². The second kappa shape index (κ2) is 5.36. The fraction of sp³-hybridized carbons (Fsp3) is 0.462. The first-order valence-electron chi connectivity index (χ1n) is 6.74. The summed E-state index contributed by atoms with van der Waals surface area (Å²) in [6.45, 7) is 0.945. The lowest BCUT2D eigenvalue weighted by Gasteiger charge is -2.07. The topological polar surface area (TPSA) is 76.8 Å². The Bertz CT molecular complexity index is 598. The highest BCUT2D eigenvalue weighted by Gasteiger charge is 2.24. The van der Waals surface area contributed by atoms with Crippen LogP contribution < -0.4 is 10.6 Å². The number of hydrogen-bond donors (Lipinski definition) is 2. The Labute approximate surface area is 117 Å². The monoisotopic (exact) mass is 274 g/mol. The minimum Gasteiger partial charge on any atom is -0.377 e. The summed E-state index contributed by atoms with van der Waals surface area (Å²) in [7, 11) is 1.62. The molecule has 0 aromatic carbocycles. The number of amides is 1. The SMILES string of the molecule is CNC(=O)Cn1cc(NCc2cncn2C2CC2)cn1. The van der Waals surface area contributed by atoms with Crippen molar-refractivity contribution < 1.29 is 4.79 Å². The van der Waals surface area contributed by atoms with Gasteiger partial charge in [0.1, 0.15) is 6.54 Å². The molecule has 0 spiro atoms. The predicted octanol–water partition coefficient (Wildman–Crippen LogP) is 0.773. The minimum atomic E-state index is -0.0635. The molecule has 2 aromatic heterocycles. The van der Waals surface area contributed by atoms with Crippen molar-refractivity contribution in [3.05, 3.63) is 30.6 Å². The molecule has 3 rings (SSSR count). The van der Waals surface area contributed by atoms with Crippen molar-refractivity contribution in [1.29, 1.82) is 0 Å². The molecule has 7 nitrogen and oxygen atoms in total. The number of hydrogen-bond acceptors (Lipinski definition) is 4. The van der Waals surface area contributed by atoms with Gasteiger partial charge in [-0.3, -0.25) is 9.48 Å². The quantitative estimate of drug-likeness (QED) is 0.816. The van der Waals surface area contributed by atoms with Gasteiger partial charge in [0.15, 0.2) is 0 Å². The van der Waals surface area contributed by atoms with Crippen LogP contribution in [0.25, 0.3) is 0 Å². The van der Waals surface area contributed by atoms with E-state index in [9.17, 15) is 4.79 Å².